The second-order valence-electron chi connectivity index (χ2n) is 9.22. The molecule has 2 amide bonds. The number of halogens is 1. The molecule has 0 heterocycles. The summed E-state index contributed by atoms with van der Waals surface area (Å²) in [5.74, 6) is -0.502. The molecule has 0 aliphatic rings. The smallest absolute Gasteiger partial charge is 0.244 e. The lowest BCUT2D eigenvalue weighted by atomic mass is 10.0. The highest BCUT2D eigenvalue weighted by Gasteiger charge is 2.32. The number of benzene rings is 2. The van der Waals surface area contributed by atoms with E-state index in [4.69, 9.17) is 11.6 Å². The van der Waals surface area contributed by atoms with Gasteiger partial charge in [-0.25, -0.2) is 8.42 Å². The van der Waals surface area contributed by atoms with Gasteiger partial charge in [0.15, 0.2) is 0 Å². The van der Waals surface area contributed by atoms with Gasteiger partial charge in [-0.1, -0.05) is 62.7 Å². The van der Waals surface area contributed by atoms with Crippen LogP contribution in [0.1, 0.15) is 58.1 Å². The van der Waals surface area contributed by atoms with Crippen molar-refractivity contribution in [2.45, 2.75) is 65.6 Å². The van der Waals surface area contributed by atoms with Crippen molar-refractivity contribution < 1.29 is 18.0 Å². The fourth-order valence-corrected chi connectivity index (χ4v) is 4.79. The van der Waals surface area contributed by atoms with Gasteiger partial charge >= 0.3 is 0 Å². The van der Waals surface area contributed by atoms with Crippen molar-refractivity contribution in [3.05, 3.63) is 64.7 Å². The molecule has 2 aromatic carbocycles. The standard InChI is InChI=1S/C26H36ClN3O4S/c1-7-24(26(32)28-19(4)5)29(16-21-10-8-9-11-23(21)27)25(31)17-30(35(6,33)34)22-14-12-20(13-15-22)18(2)3/h8-15,18-19,24H,7,16-17H2,1-6H3,(H,28,32)/t24-/m0/s1. The summed E-state index contributed by atoms with van der Waals surface area (Å²) in [6.45, 7) is 9.24. The molecule has 0 saturated heterocycles. The fourth-order valence-electron chi connectivity index (χ4n) is 3.75. The number of rotatable bonds is 11. The van der Waals surface area contributed by atoms with E-state index in [1.165, 1.54) is 4.90 Å². The Bertz CT molecular complexity index is 1120. The van der Waals surface area contributed by atoms with E-state index in [2.05, 4.69) is 5.32 Å². The van der Waals surface area contributed by atoms with Crippen LogP contribution in [0.4, 0.5) is 5.69 Å². The number of carbonyl (C=O) groups excluding carboxylic acids is 2. The molecular weight excluding hydrogens is 486 g/mol. The van der Waals surface area contributed by atoms with Gasteiger partial charge in [-0.15, -0.1) is 0 Å². The highest BCUT2D eigenvalue weighted by molar-refractivity contribution is 7.92. The van der Waals surface area contributed by atoms with E-state index in [9.17, 15) is 18.0 Å². The third kappa shape index (κ3) is 7.97. The largest absolute Gasteiger partial charge is 0.352 e. The average molecular weight is 522 g/mol. The first-order valence-electron chi connectivity index (χ1n) is 11.8. The quantitative estimate of drug-likeness (QED) is 0.469. The molecule has 0 bridgehead atoms. The first-order valence-corrected chi connectivity index (χ1v) is 14.0. The predicted octanol–water partition coefficient (Wildman–Crippen LogP) is 4.56. The monoisotopic (exact) mass is 521 g/mol. The zero-order valence-electron chi connectivity index (χ0n) is 21.3. The van der Waals surface area contributed by atoms with E-state index in [1.807, 2.05) is 46.8 Å². The highest BCUT2D eigenvalue weighted by Crippen LogP contribution is 2.24. The number of amides is 2. The van der Waals surface area contributed by atoms with Gasteiger partial charge in [-0.2, -0.15) is 0 Å². The number of hydrogen-bond acceptors (Lipinski definition) is 4. The lowest BCUT2D eigenvalue weighted by Crippen LogP contribution is -2.53. The minimum absolute atomic E-state index is 0.0758. The van der Waals surface area contributed by atoms with Crippen molar-refractivity contribution in [2.75, 3.05) is 17.1 Å². The van der Waals surface area contributed by atoms with Gasteiger partial charge < -0.3 is 10.2 Å². The molecule has 0 spiro atoms. The van der Waals surface area contributed by atoms with Crippen LogP contribution >= 0.6 is 11.6 Å². The molecule has 35 heavy (non-hydrogen) atoms. The van der Waals surface area contributed by atoms with E-state index in [1.54, 1.807) is 36.4 Å². The molecule has 1 atom stereocenters. The van der Waals surface area contributed by atoms with Gasteiger partial charge in [0.05, 0.1) is 11.9 Å². The second kappa shape index (κ2) is 12.4. The van der Waals surface area contributed by atoms with Crippen molar-refractivity contribution in [3.63, 3.8) is 0 Å². The summed E-state index contributed by atoms with van der Waals surface area (Å²) in [5, 5.41) is 3.33. The molecule has 2 aromatic rings. The van der Waals surface area contributed by atoms with Crippen molar-refractivity contribution >= 4 is 39.1 Å². The Hall–Kier alpha value is -2.58. The van der Waals surface area contributed by atoms with E-state index in [-0.39, 0.29) is 24.4 Å². The first kappa shape index (κ1) is 28.7. The molecule has 0 aliphatic heterocycles. The van der Waals surface area contributed by atoms with Crippen molar-refractivity contribution in [2.24, 2.45) is 0 Å². The van der Waals surface area contributed by atoms with Crippen LogP contribution in [0.25, 0.3) is 0 Å². The molecule has 0 unspecified atom stereocenters. The second-order valence-corrected chi connectivity index (χ2v) is 11.5. The number of anilines is 1. The average Bonchev–Trinajstić information content (AvgIpc) is 2.77. The van der Waals surface area contributed by atoms with Crippen LogP contribution in [-0.4, -0.2) is 50.0 Å². The van der Waals surface area contributed by atoms with Gasteiger partial charge in [0.25, 0.3) is 0 Å². The van der Waals surface area contributed by atoms with Crippen LogP contribution in [0, 0.1) is 0 Å². The summed E-state index contributed by atoms with van der Waals surface area (Å²) in [5.41, 5.74) is 2.12. The van der Waals surface area contributed by atoms with Crippen molar-refractivity contribution in [1.29, 1.82) is 0 Å². The molecular formula is C26H36ClN3O4S. The van der Waals surface area contributed by atoms with Crippen molar-refractivity contribution in [3.8, 4) is 0 Å². The maximum atomic E-state index is 13.7. The minimum atomic E-state index is -3.77. The Balaban J connectivity index is 2.45. The topological polar surface area (TPSA) is 86.8 Å². The molecule has 9 heteroatoms. The summed E-state index contributed by atoms with van der Waals surface area (Å²) in [4.78, 5) is 28.1. The third-order valence-corrected chi connectivity index (χ3v) is 7.15. The Morgan fingerprint density at radius 3 is 2.09 bits per heavy atom. The highest BCUT2D eigenvalue weighted by atomic mass is 35.5. The van der Waals surface area contributed by atoms with Crippen molar-refractivity contribution in [1.82, 2.24) is 10.2 Å². The maximum Gasteiger partial charge on any atom is 0.244 e. The summed E-state index contributed by atoms with van der Waals surface area (Å²) >= 11 is 6.35. The summed E-state index contributed by atoms with van der Waals surface area (Å²) in [6, 6.07) is 13.3. The zero-order chi connectivity index (χ0) is 26.3. The third-order valence-electron chi connectivity index (χ3n) is 5.64. The van der Waals surface area contributed by atoms with Crippen LogP contribution in [-0.2, 0) is 26.2 Å². The molecule has 7 nitrogen and oxygen atoms in total. The Labute approximate surface area is 214 Å². The number of carbonyl (C=O) groups is 2. The lowest BCUT2D eigenvalue weighted by molar-refractivity contribution is -0.140. The Morgan fingerprint density at radius 2 is 1.60 bits per heavy atom. The number of sulfonamides is 1. The molecule has 0 radical (unpaired) electrons. The number of nitrogens with one attached hydrogen (secondary N) is 1. The molecule has 1 N–H and O–H groups in total. The Morgan fingerprint density at radius 1 is 1.00 bits per heavy atom. The van der Waals surface area contributed by atoms with Gasteiger partial charge in [-0.3, -0.25) is 13.9 Å². The normalized spacial score (nSPS) is 12.5. The zero-order valence-corrected chi connectivity index (χ0v) is 22.9. The van der Waals surface area contributed by atoms with Gasteiger partial charge in [0.1, 0.15) is 12.6 Å². The fraction of sp³-hybridized carbons (Fsp3) is 0.462. The molecule has 0 fully saturated rings. The molecule has 2 rings (SSSR count). The molecule has 0 aliphatic carbocycles. The minimum Gasteiger partial charge on any atom is -0.352 e. The van der Waals surface area contributed by atoms with Crippen LogP contribution in [0.5, 0.6) is 0 Å². The Kier molecular flexibility index (Phi) is 10.2. The van der Waals surface area contributed by atoms with Gasteiger partial charge in [0.2, 0.25) is 21.8 Å². The van der Waals surface area contributed by atoms with Crippen LogP contribution < -0.4 is 9.62 Å². The van der Waals surface area contributed by atoms with Crippen LogP contribution in [0.15, 0.2) is 48.5 Å². The molecule has 0 saturated carbocycles. The molecule has 192 valence electrons. The van der Waals surface area contributed by atoms with Crippen LogP contribution in [0.3, 0.4) is 0 Å². The van der Waals surface area contributed by atoms with E-state index < -0.39 is 28.5 Å². The summed E-state index contributed by atoms with van der Waals surface area (Å²) in [6.07, 6.45) is 1.43. The lowest BCUT2D eigenvalue weighted by Gasteiger charge is -2.33. The maximum absolute atomic E-state index is 13.7. The van der Waals surface area contributed by atoms with E-state index >= 15 is 0 Å². The van der Waals surface area contributed by atoms with E-state index in [0.717, 1.165) is 16.1 Å². The number of nitrogens with zero attached hydrogens (tertiary/aromatic N) is 2. The SMILES string of the molecule is CC[C@@H](C(=O)NC(C)C)N(Cc1ccccc1Cl)C(=O)CN(c1ccc(C(C)C)cc1)S(C)(=O)=O. The predicted molar refractivity (Wildman–Crippen MR) is 142 cm³/mol. The summed E-state index contributed by atoms with van der Waals surface area (Å²) < 4.78 is 26.5. The van der Waals surface area contributed by atoms with Gasteiger partial charge in [-0.05, 0) is 55.5 Å². The number of hydrogen-bond donors (Lipinski definition) is 1. The summed E-state index contributed by atoms with van der Waals surface area (Å²) in [7, 11) is -3.77. The first-order chi connectivity index (χ1) is 16.3. The van der Waals surface area contributed by atoms with Gasteiger partial charge in [0, 0.05) is 17.6 Å². The van der Waals surface area contributed by atoms with Crippen LogP contribution in [0.2, 0.25) is 5.02 Å². The molecule has 0 aromatic heterocycles. The van der Waals surface area contributed by atoms with E-state index in [0.29, 0.717) is 22.7 Å².